The number of morpholine rings is 1. The number of fused-ring (bicyclic) bond motifs is 1. The van der Waals surface area contributed by atoms with Gasteiger partial charge in [-0.3, -0.25) is 24.6 Å². The van der Waals surface area contributed by atoms with Gasteiger partial charge in [0.2, 0.25) is 0 Å². The molecule has 4 heterocycles. The highest BCUT2D eigenvalue weighted by Crippen LogP contribution is 2.32. The van der Waals surface area contributed by atoms with Crippen molar-refractivity contribution in [1.82, 2.24) is 29.3 Å². The van der Waals surface area contributed by atoms with Crippen molar-refractivity contribution >= 4 is 55.6 Å². The lowest BCUT2D eigenvalue weighted by Gasteiger charge is -2.36. The summed E-state index contributed by atoms with van der Waals surface area (Å²) in [5, 5.41) is 16.3. The van der Waals surface area contributed by atoms with Crippen LogP contribution in [0.25, 0.3) is 16.6 Å². The average Bonchev–Trinajstić information content (AvgIpc) is 3.73. The van der Waals surface area contributed by atoms with Crippen molar-refractivity contribution in [3.63, 3.8) is 0 Å². The molecule has 4 aromatic carbocycles. The van der Waals surface area contributed by atoms with Crippen LogP contribution in [0.2, 0.25) is 0 Å². The van der Waals surface area contributed by atoms with E-state index in [-0.39, 0.29) is 28.1 Å². The lowest BCUT2D eigenvalue weighted by atomic mass is 10.2. The standard InChI is InChI=1S/C42H46N10O5S2/c53-52(54)41-26-37(12-14-39(41)46-32(15-16-48-21-23-57-24-22-48)29-58-36-9-5-2-6-10-36)59(55,56)47-42-38-13-11-34(25-40(38)44-30-45-42)50-19-17-49(18-20-50)28-35-27-43-31-51(35)33-7-3-1-4-8-33/h1-14,25-27,30-32,46H,15-24,28-29H2,(H,44,45,47). The number of hydrogen-bond acceptors (Lipinski definition) is 13. The number of hydrogen-bond donors (Lipinski definition) is 2. The Morgan fingerprint density at radius 2 is 1.61 bits per heavy atom. The maximum absolute atomic E-state index is 13.8. The Morgan fingerprint density at radius 3 is 2.37 bits per heavy atom. The normalized spacial score (nSPS) is 15.9. The lowest BCUT2D eigenvalue weighted by Crippen LogP contribution is -2.46. The third-order valence-electron chi connectivity index (χ3n) is 10.7. The molecule has 0 radical (unpaired) electrons. The van der Waals surface area contributed by atoms with Crippen LogP contribution in [-0.2, 0) is 21.3 Å². The minimum absolute atomic E-state index is 0.0902. The van der Waals surface area contributed by atoms with E-state index in [1.165, 1.54) is 18.5 Å². The van der Waals surface area contributed by atoms with Crippen molar-refractivity contribution < 1.29 is 18.1 Å². The molecule has 2 N–H and O–H groups in total. The van der Waals surface area contributed by atoms with E-state index in [9.17, 15) is 18.5 Å². The van der Waals surface area contributed by atoms with Gasteiger partial charge in [0.05, 0.1) is 40.6 Å². The summed E-state index contributed by atoms with van der Waals surface area (Å²) < 4.78 is 37.8. The van der Waals surface area contributed by atoms with Gasteiger partial charge in [-0.25, -0.2) is 23.4 Å². The van der Waals surface area contributed by atoms with Crippen LogP contribution in [0.1, 0.15) is 12.1 Å². The fraction of sp³-hybridized carbons (Fsp3) is 0.310. The first-order valence-corrected chi connectivity index (χ1v) is 22.1. The van der Waals surface area contributed by atoms with Gasteiger partial charge in [-0.2, -0.15) is 0 Å². The highest BCUT2D eigenvalue weighted by molar-refractivity contribution is 7.99. The number of thioether (sulfide) groups is 1. The van der Waals surface area contributed by atoms with Crippen LogP contribution < -0.4 is 14.9 Å². The van der Waals surface area contributed by atoms with Gasteiger partial charge < -0.3 is 19.5 Å². The van der Waals surface area contributed by atoms with E-state index in [4.69, 9.17) is 4.74 Å². The number of nitro benzene ring substituents is 1. The van der Waals surface area contributed by atoms with Crippen molar-refractivity contribution in [1.29, 1.82) is 0 Å². The van der Waals surface area contributed by atoms with Crippen molar-refractivity contribution in [2.75, 3.05) is 79.7 Å². The smallest absolute Gasteiger partial charge is 0.293 e. The minimum atomic E-state index is -4.27. The molecule has 2 fully saturated rings. The van der Waals surface area contributed by atoms with Crippen LogP contribution in [0.3, 0.4) is 0 Å². The SMILES string of the molecule is O=[N+]([O-])c1cc(S(=O)(=O)Nc2ncnc3cc(N4CCN(Cc5cncn5-c5ccccc5)CC4)ccc23)ccc1NC(CCN1CCOCC1)CSc1ccccc1. The van der Waals surface area contributed by atoms with Gasteiger partial charge in [-0.05, 0) is 61.0 Å². The number of nitrogens with one attached hydrogen (secondary N) is 2. The monoisotopic (exact) mass is 834 g/mol. The number of imidazole rings is 1. The maximum atomic E-state index is 13.8. The van der Waals surface area contributed by atoms with E-state index in [2.05, 4.69) is 56.4 Å². The van der Waals surface area contributed by atoms with Gasteiger partial charge in [-0.1, -0.05) is 36.4 Å². The molecule has 0 saturated carbocycles. The molecule has 8 rings (SSSR count). The van der Waals surface area contributed by atoms with Crippen LogP contribution in [0.15, 0.2) is 126 Å². The summed E-state index contributed by atoms with van der Waals surface area (Å²) in [4.78, 5) is 32.9. The minimum Gasteiger partial charge on any atom is -0.379 e. The van der Waals surface area contributed by atoms with Crippen LogP contribution in [0, 0.1) is 10.1 Å². The molecule has 2 saturated heterocycles. The number of piperazine rings is 1. The van der Waals surface area contributed by atoms with Crippen LogP contribution >= 0.6 is 11.8 Å². The number of para-hydroxylation sites is 1. The molecule has 0 spiro atoms. The molecular weight excluding hydrogens is 789 g/mol. The van der Waals surface area contributed by atoms with Gasteiger partial charge in [0.15, 0.2) is 5.82 Å². The summed E-state index contributed by atoms with van der Waals surface area (Å²) in [6.45, 7) is 7.94. The molecule has 2 aliphatic rings. The number of rotatable bonds is 16. The Balaban J connectivity index is 0.935. The summed E-state index contributed by atoms with van der Waals surface area (Å²) in [6.07, 6.45) is 5.82. The molecule has 59 heavy (non-hydrogen) atoms. The molecule has 0 aliphatic carbocycles. The summed E-state index contributed by atoms with van der Waals surface area (Å²) >= 11 is 1.67. The number of aromatic nitrogens is 4. The fourth-order valence-electron chi connectivity index (χ4n) is 7.41. The van der Waals surface area contributed by atoms with Crippen LogP contribution in [0.5, 0.6) is 0 Å². The Morgan fingerprint density at radius 1 is 0.847 bits per heavy atom. The molecule has 6 aromatic rings. The highest BCUT2D eigenvalue weighted by Gasteiger charge is 2.26. The van der Waals surface area contributed by atoms with Crippen molar-refractivity contribution in [3.8, 4) is 5.69 Å². The van der Waals surface area contributed by atoms with E-state index >= 15 is 0 Å². The summed E-state index contributed by atoms with van der Waals surface area (Å²) in [5.74, 6) is 0.751. The predicted molar refractivity (Wildman–Crippen MR) is 231 cm³/mol. The second kappa shape index (κ2) is 18.6. The van der Waals surface area contributed by atoms with Crippen molar-refractivity contribution in [2.45, 2.75) is 28.8 Å². The summed E-state index contributed by atoms with van der Waals surface area (Å²) in [7, 11) is -4.27. The third-order valence-corrected chi connectivity index (χ3v) is 13.2. The number of sulfonamides is 1. The first-order chi connectivity index (χ1) is 28.8. The van der Waals surface area contributed by atoms with Crippen LogP contribution in [0.4, 0.5) is 22.9 Å². The highest BCUT2D eigenvalue weighted by atomic mass is 32.2. The number of benzene rings is 4. The Labute approximate surface area is 347 Å². The zero-order chi connectivity index (χ0) is 40.6. The number of nitro groups is 1. The lowest BCUT2D eigenvalue weighted by molar-refractivity contribution is -0.384. The van der Waals surface area contributed by atoms with Gasteiger partial charge in [0.25, 0.3) is 15.7 Å². The first kappa shape index (κ1) is 40.2. The number of anilines is 3. The molecule has 1 unspecified atom stereocenters. The largest absolute Gasteiger partial charge is 0.379 e. The number of nitrogens with zero attached hydrogens (tertiary/aromatic N) is 8. The van der Waals surface area contributed by atoms with Gasteiger partial charge in [0.1, 0.15) is 12.0 Å². The molecular formula is C42H46N10O5S2. The molecule has 306 valence electrons. The van der Waals surface area contributed by atoms with Gasteiger partial charge >= 0.3 is 0 Å². The maximum Gasteiger partial charge on any atom is 0.293 e. The average molecular weight is 835 g/mol. The second-order valence-electron chi connectivity index (χ2n) is 14.5. The van der Waals surface area contributed by atoms with Crippen molar-refractivity contribution in [2.24, 2.45) is 0 Å². The summed E-state index contributed by atoms with van der Waals surface area (Å²) in [5.41, 5.74) is 3.69. The zero-order valence-electron chi connectivity index (χ0n) is 32.5. The molecule has 0 amide bonds. The van der Waals surface area contributed by atoms with Crippen LogP contribution in [-0.4, -0.2) is 113 Å². The second-order valence-corrected chi connectivity index (χ2v) is 17.3. The molecule has 17 heteroatoms. The van der Waals surface area contributed by atoms with E-state index in [1.807, 2.05) is 79.3 Å². The third kappa shape index (κ3) is 10.00. The van der Waals surface area contributed by atoms with Gasteiger partial charge in [0, 0.05) is 98.1 Å². The van der Waals surface area contributed by atoms with E-state index in [0.717, 1.165) is 86.8 Å². The molecule has 2 aromatic heterocycles. The Kier molecular flexibility index (Phi) is 12.6. The zero-order valence-corrected chi connectivity index (χ0v) is 34.1. The van der Waals surface area contributed by atoms with E-state index in [1.54, 1.807) is 11.8 Å². The van der Waals surface area contributed by atoms with Gasteiger partial charge in [-0.15, -0.1) is 11.8 Å². The predicted octanol–water partition coefficient (Wildman–Crippen LogP) is 6.14. The summed E-state index contributed by atoms with van der Waals surface area (Å²) in [6, 6.07) is 29.7. The van der Waals surface area contributed by atoms with Crippen molar-refractivity contribution in [3.05, 3.63) is 132 Å². The van der Waals surface area contributed by atoms with E-state index in [0.29, 0.717) is 29.9 Å². The number of ether oxygens (including phenoxy) is 1. The Bertz CT molecular complexity index is 2460. The molecule has 2 aliphatic heterocycles. The topological polar surface area (TPSA) is 164 Å². The Hall–Kier alpha value is -5.59. The molecule has 1 atom stereocenters. The van der Waals surface area contributed by atoms with E-state index < -0.39 is 14.9 Å². The first-order valence-electron chi connectivity index (χ1n) is 19.6. The quantitative estimate of drug-likeness (QED) is 0.0650. The fourth-order valence-corrected chi connectivity index (χ4v) is 9.45. The molecule has 15 nitrogen and oxygen atoms in total. The molecule has 0 bridgehead atoms.